The summed E-state index contributed by atoms with van der Waals surface area (Å²) in [5, 5.41) is 0. The summed E-state index contributed by atoms with van der Waals surface area (Å²) < 4.78 is 27.0. The van der Waals surface area contributed by atoms with Gasteiger partial charge < -0.3 is 23.7 Å². The Morgan fingerprint density at radius 1 is 1.07 bits per heavy atom. The highest BCUT2D eigenvalue weighted by atomic mass is 16.9. The predicted octanol–water partition coefficient (Wildman–Crippen LogP) is 0.482. The Labute approximate surface area is 83.2 Å². The van der Waals surface area contributed by atoms with Crippen molar-refractivity contribution in [2.45, 2.75) is 44.4 Å². The minimum absolute atomic E-state index is 0.208. The summed E-state index contributed by atoms with van der Waals surface area (Å²) in [5.74, 6) is -0.606. The summed E-state index contributed by atoms with van der Waals surface area (Å²) in [4.78, 5) is 0. The Hall–Kier alpha value is -0.200. The van der Waals surface area contributed by atoms with E-state index in [1.165, 1.54) is 0 Å². The molecule has 2 heterocycles. The van der Waals surface area contributed by atoms with Crippen LogP contribution in [0.25, 0.3) is 0 Å². The third-order valence-electron chi connectivity index (χ3n) is 2.45. The smallest absolute Gasteiger partial charge is 0.193 e. The number of fused-ring (bicyclic) bond motifs is 1. The van der Waals surface area contributed by atoms with Gasteiger partial charge in [-0.15, -0.1) is 0 Å². The van der Waals surface area contributed by atoms with Crippen LogP contribution in [0.1, 0.15) is 13.8 Å². The molecule has 14 heavy (non-hydrogen) atoms. The van der Waals surface area contributed by atoms with Crippen LogP contribution >= 0.6 is 0 Å². The van der Waals surface area contributed by atoms with Gasteiger partial charge in [-0.2, -0.15) is 0 Å². The zero-order valence-corrected chi connectivity index (χ0v) is 8.85. The van der Waals surface area contributed by atoms with Crippen LogP contribution in [-0.2, 0) is 23.7 Å². The fourth-order valence-corrected chi connectivity index (χ4v) is 1.88. The zero-order valence-electron chi connectivity index (χ0n) is 8.85. The van der Waals surface area contributed by atoms with Crippen LogP contribution in [0.3, 0.4) is 0 Å². The van der Waals surface area contributed by atoms with Crippen molar-refractivity contribution in [2.75, 3.05) is 14.2 Å². The maximum Gasteiger partial charge on any atom is 0.193 e. The SMILES string of the molecule is COC1O[C@@H]2OC(C)(C)O[C@@H]2[C@@H]1OC. The van der Waals surface area contributed by atoms with Gasteiger partial charge in [0, 0.05) is 14.2 Å². The Bertz CT molecular complexity index is 217. The molecule has 4 atom stereocenters. The summed E-state index contributed by atoms with van der Waals surface area (Å²) in [5.41, 5.74) is 0. The molecule has 0 saturated carbocycles. The molecule has 0 amide bonds. The normalized spacial score (nSPS) is 45.4. The molecule has 2 aliphatic rings. The van der Waals surface area contributed by atoms with Crippen LogP contribution in [0.15, 0.2) is 0 Å². The number of hydrogen-bond donors (Lipinski definition) is 0. The molecule has 5 nitrogen and oxygen atoms in total. The molecule has 5 heteroatoms. The predicted molar refractivity (Wildman–Crippen MR) is 46.5 cm³/mol. The molecule has 1 unspecified atom stereocenters. The molecule has 0 aromatic heterocycles. The molecule has 82 valence electrons. The first-order valence-electron chi connectivity index (χ1n) is 4.64. The van der Waals surface area contributed by atoms with Crippen LogP contribution in [0, 0.1) is 0 Å². The Kier molecular flexibility index (Phi) is 2.53. The number of ether oxygens (including phenoxy) is 5. The van der Waals surface area contributed by atoms with Gasteiger partial charge >= 0.3 is 0 Å². The lowest BCUT2D eigenvalue weighted by Crippen LogP contribution is -2.36. The first-order chi connectivity index (χ1) is 6.57. The van der Waals surface area contributed by atoms with Gasteiger partial charge in [-0.25, -0.2) is 0 Å². The minimum Gasteiger partial charge on any atom is -0.373 e. The van der Waals surface area contributed by atoms with Crippen molar-refractivity contribution in [1.29, 1.82) is 0 Å². The molecule has 0 aromatic carbocycles. The zero-order chi connectivity index (χ0) is 10.3. The summed E-state index contributed by atoms with van der Waals surface area (Å²) in [6, 6.07) is 0. The monoisotopic (exact) mass is 204 g/mol. The minimum atomic E-state index is -0.606. The molecule has 2 fully saturated rings. The van der Waals surface area contributed by atoms with Crippen molar-refractivity contribution in [3.63, 3.8) is 0 Å². The van der Waals surface area contributed by atoms with E-state index in [1.807, 2.05) is 13.8 Å². The van der Waals surface area contributed by atoms with Crippen molar-refractivity contribution < 1.29 is 23.7 Å². The molecular formula is C9H16O5. The highest BCUT2D eigenvalue weighted by molar-refractivity contribution is 4.90. The van der Waals surface area contributed by atoms with Gasteiger partial charge in [-0.05, 0) is 13.8 Å². The molecule has 0 bridgehead atoms. The molecule has 0 spiro atoms. The van der Waals surface area contributed by atoms with E-state index in [2.05, 4.69) is 0 Å². The van der Waals surface area contributed by atoms with Gasteiger partial charge in [-0.1, -0.05) is 0 Å². The van der Waals surface area contributed by atoms with Crippen molar-refractivity contribution >= 4 is 0 Å². The van der Waals surface area contributed by atoms with E-state index in [1.54, 1.807) is 14.2 Å². The average molecular weight is 204 g/mol. The lowest BCUT2D eigenvalue weighted by Gasteiger charge is -2.23. The molecule has 0 radical (unpaired) electrons. The first-order valence-corrected chi connectivity index (χ1v) is 4.64. The summed E-state index contributed by atoms with van der Waals surface area (Å²) in [7, 11) is 3.18. The molecule has 2 saturated heterocycles. The third kappa shape index (κ3) is 1.55. The standard InChI is InChI=1S/C9H16O5/c1-9(2)13-6-5(10-3)7(11-4)12-8(6)14-9/h5-8H,1-4H3/t5-,6+,7?,8+/m0/s1. The number of rotatable bonds is 2. The highest BCUT2D eigenvalue weighted by Gasteiger charge is 2.55. The van der Waals surface area contributed by atoms with Gasteiger partial charge in [0.05, 0.1) is 0 Å². The largest absolute Gasteiger partial charge is 0.373 e. The van der Waals surface area contributed by atoms with Crippen LogP contribution in [-0.4, -0.2) is 44.8 Å². The fourth-order valence-electron chi connectivity index (χ4n) is 1.88. The van der Waals surface area contributed by atoms with Crippen molar-refractivity contribution in [1.82, 2.24) is 0 Å². The van der Waals surface area contributed by atoms with Crippen LogP contribution in [0.2, 0.25) is 0 Å². The maximum absolute atomic E-state index is 5.66. The Morgan fingerprint density at radius 2 is 1.79 bits per heavy atom. The van der Waals surface area contributed by atoms with Crippen molar-refractivity contribution in [3.8, 4) is 0 Å². The van der Waals surface area contributed by atoms with Crippen molar-refractivity contribution in [2.24, 2.45) is 0 Å². The second kappa shape index (κ2) is 3.43. The van der Waals surface area contributed by atoms with Crippen molar-refractivity contribution in [3.05, 3.63) is 0 Å². The van der Waals surface area contributed by atoms with Gasteiger partial charge in [-0.3, -0.25) is 0 Å². The van der Waals surface area contributed by atoms with E-state index in [0.29, 0.717) is 0 Å². The molecule has 0 aliphatic carbocycles. The van der Waals surface area contributed by atoms with Crippen LogP contribution in [0.4, 0.5) is 0 Å². The summed E-state index contributed by atoms with van der Waals surface area (Å²) >= 11 is 0. The Morgan fingerprint density at radius 3 is 2.36 bits per heavy atom. The molecule has 0 aromatic rings. The second-order valence-corrected chi connectivity index (χ2v) is 3.91. The van der Waals surface area contributed by atoms with Gasteiger partial charge in [0.25, 0.3) is 0 Å². The lowest BCUT2D eigenvalue weighted by molar-refractivity contribution is -0.257. The number of methoxy groups -OCH3 is 2. The van der Waals surface area contributed by atoms with Gasteiger partial charge in [0.2, 0.25) is 0 Å². The number of hydrogen-bond acceptors (Lipinski definition) is 5. The second-order valence-electron chi connectivity index (χ2n) is 3.91. The van der Waals surface area contributed by atoms with Gasteiger partial charge in [0.15, 0.2) is 18.4 Å². The average Bonchev–Trinajstić information content (AvgIpc) is 2.55. The molecule has 2 rings (SSSR count). The van der Waals surface area contributed by atoms with E-state index in [0.717, 1.165) is 0 Å². The Balaban J connectivity index is 2.09. The lowest BCUT2D eigenvalue weighted by atomic mass is 10.2. The van der Waals surface area contributed by atoms with Gasteiger partial charge in [0.1, 0.15) is 12.2 Å². The van der Waals surface area contributed by atoms with E-state index in [-0.39, 0.29) is 18.5 Å². The van der Waals surface area contributed by atoms with E-state index in [9.17, 15) is 0 Å². The van der Waals surface area contributed by atoms with Crippen LogP contribution in [0.5, 0.6) is 0 Å². The molecule has 2 aliphatic heterocycles. The van der Waals surface area contributed by atoms with E-state index in [4.69, 9.17) is 23.7 Å². The topological polar surface area (TPSA) is 46.2 Å². The quantitative estimate of drug-likeness (QED) is 0.654. The summed E-state index contributed by atoms with van der Waals surface area (Å²) in [6.45, 7) is 3.70. The maximum atomic E-state index is 5.66. The first kappa shape index (κ1) is 10.3. The third-order valence-corrected chi connectivity index (χ3v) is 2.45. The molecular weight excluding hydrogens is 188 g/mol. The fraction of sp³-hybridized carbons (Fsp3) is 1.00. The van der Waals surface area contributed by atoms with E-state index < -0.39 is 12.1 Å². The molecule has 0 N–H and O–H groups in total. The summed E-state index contributed by atoms with van der Waals surface area (Å²) in [6.07, 6.45) is -1.24. The van der Waals surface area contributed by atoms with E-state index >= 15 is 0 Å². The van der Waals surface area contributed by atoms with Crippen LogP contribution < -0.4 is 0 Å². The highest BCUT2D eigenvalue weighted by Crippen LogP contribution is 2.38.